The fourth-order valence-corrected chi connectivity index (χ4v) is 2.33. The molecule has 2 aromatic rings. The van der Waals surface area contributed by atoms with E-state index in [-0.39, 0.29) is 0 Å². The molecule has 1 aliphatic rings. The third-order valence-corrected chi connectivity index (χ3v) is 3.26. The summed E-state index contributed by atoms with van der Waals surface area (Å²) in [4.78, 5) is 10.9. The smallest absolute Gasteiger partial charge is 0.299 e. The van der Waals surface area contributed by atoms with Crippen LogP contribution in [0.4, 0.5) is 6.01 Å². The molecule has 0 aliphatic carbocycles. The number of oxazole rings is 1. The van der Waals surface area contributed by atoms with Gasteiger partial charge in [-0.25, -0.2) is 4.98 Å². The minimum absolute atomic E-state index is 0.615. The van der Waals surface area contributed by atoms with Crippen LogP contribution in [-0.4, -0.2) is 23.1 Å². The second-order valence-corrected chi connectivity index (χ2v) is 4.94. The first kappa shape index (κ1) is 10.1. The highest BCUT2D eigenvalue weighted by molar-refractivity contribution is 9.10. The van der Waals surface area contributed by atoms with Crippen LogP contribution < -0.4 is 4.90 Å². The first-order valence-corrected chi connectivity index (χ1v) is 6.29. The molecule has 0 aromatic carbocycles. The molecular weight excluding hydrogens is 270 g/mol. The Balaban J connectivity index is 1.97. The highest BCUT2D eigenvalue weighted by Gasteiger charge is 2.17. The normalized spacial score (nSPS) is 16.9. The van der Waals surface area contributed by atoms with Crippen molar-refractivity contribution in [1.29, 1.82) is 0 Å². The van der Waals surface area contributed by atoms with E-state index in [2.05, 4.69) is 30.8 Å². The lowest BCUT2D eigenvalue weighted by Gasteiger charge is -2.24. The van der Waals surface area contributed by atoms with Crippen molar-refractivity contribution in [2.45, 2.75) is 19.3 Å². The van der Waals surface area contributed by atoms with Crippen molar-refractivity contribution in [3.8, 4) is 0 Å². The van der Waals surface area contributed by atoms with E-state index in [1.807, 2.05) is 6.07 Å². The van der Waals surface area contributed by atoms with Gasteiger partial charge in [-0.2, -0.15) is 4.98 Å². The molecular formula is C11H12BrN3O. The molecule has 16 heavy (non-hydrogen) atoms. The molecule has 1 saturated heterocycles. The van der Waals surface area contributed by atoms with E-state index >= 15 is 0 Å². The van der Waals surface area contributed by atoms with Gasteiger partial charge in [-0.15, -0.1) is 0 Å². The van der Waals surface area contributed by atoms with Gasteiger partial charge in [0.25, 0.3) is 6.01 Å². The number of nitrogens with zero attached hydrogens (tertiary/aromatic N) is 3. The molecule has 1 aliphatic heterocycles. The molecule has 0 N–H and O–H groups in total. The van der Waals surface area contributed by atoms with Gasteiger partial charge in [-0.1, -0.05) is 0 Å². The van der Waals surface area contributed by atoms with Gasteiger partial charge >= 0.3 is 0 Å². The maximum absolute atomic E-state index is 5.65. The SMILES string of the molecule is Brc1cnc2oc(N3CCCCC3)nc2c1. The number of piperidine rings is 1. The molecule has 1 fully saturated rings. The maximum atomic E-state index is 5.65. The predicted octanol–water partition coefficient (Wildman–Crippen LogP) is 2.98. The Morgan fingerprint density at radius 2 is 2.06 bits per heavy atom. The van der Waals surface area contributed by atoms with E-state index in [9.17, 15) is 0 Å². The van der Waals surface area contributed by atoms with Crippen LogP contribution >= 0.6 is 15.9 Å². The highest BCUT2D eigenvalue weighted by atomic mass is 79.9. The summed E-state index contributed by atoms with van der Waals surface area (Å²) >= 11 is 3.38. The van der Waals surface area contributed by atoms with Gasteiger partial charge in [0, 0.05) is 23.8 Å². The number of hydrogen-bond donors (Lipinski definition) is 0. The van der Waals surface area contributed by atoms with E-state index in [0.29, 0.717) is 11.7 Å². The Morgan fingerprint density at radius 1 is 1.25 bits per heavy atom. The van der Waals surface area contributed by atoms with Crippen LogP contribution in [0, 0.1) is 0 Å². The number of pyridine rings is 1. The van der Waals surface area contributed by atoms with Gasteiger partial charge in [0.15, 0.2) is 0 Å². The van der Waals surface area contributed by atoms with Gasteiger partial charge in [-0.3, -0.25) is 0 Å². The lowest BCUT2D eigenvalue weighted by Crippen LogP contribution is -2.29. The Morgan fingerprint density at radius 3 is 2.88 bits per heavy atom. The molecule has 0 radical (unpaired) electrons. The molecule has 0 amide bonds. The number of fused-ring (bicyclic) bond motifs is 1. The third-order valence-electron chi connectivity index (χ3n) is 2.83. The van der Waals surface area contributed by atoms with Crippen LogP contribution in [0.3, 0.4) is 0 Å². The lowest BCUT2D eigenvalue weighted by atomic mass is 10.1. The molecule has 0 saturated carbocycles. The minimum Gasteiger partial charge on any atom is -0.404 e. The number of aromatic nitrogens is 2. The Labute approximate surface area is 102 Å². The van der Waals surface area contributed by atoms with Crippen molar-refractivity contribution in [2.75, 3.05) is 18.0 Å². The summed E-state index contributed by atoms with van der Waals surface area (Å²) in [5, 5.41) is 0. The first-order valence-electron chi connectivity index (χ1n) is 5.50. The second kappa shape index (κ2) is 4.05. The maximum Gasteiger partial charge on any atom is 0.299 e. The molecule has 4 nitrogen and oxygen atoms in total. The van der Waals surface area contributed by atoms with Crippen LogP contribution in [0.2, 0.25) is 0 Å². The molecule has 3 heterocycles. The molecule has 0 unspecified atom stereocenters. The molecule has 0 atom stereocenters. The predicted molar refractivity (Wildman–Crippen MR) is 65.6 cm³/mol. The largest absolute Gasteiger partial charge is 0.404 e. The van der Waals surface area contributed by atoms with Crippen molar-refractivity contribution in [3.63, 3.8) is 0 Å². The Bertz CT molecular complexity index is 505. The first-order chi connectivity index (χ1) is 7.83. The average Bonchev–Trinajstić information content (AvgIpc) is 2.73. The summed E-state index contributed by atoms with van der Waals surface area (Å²) in [6.45, 7) is 2.07. The molecule has 84 valence electrons. The second-order valence-electron chi connectivity index (χ2n) is 4.02. The van der Waals surface area contributed by atoms with Crippen LogP contribution in [0.25, 0.3) is 11.2 Å². The van der Waals surface area contributed by atoms with Crippen molar-refractivity contribution in [1.82, 2.24) is 9.97 Å². The summed E-state index contributed by atoms with van der Waals surface area (Å²) in [7, 11) is 0. The Hall–Kier alpha value is -1.10. The Kier molecular flexibility index (Phi) is 2.55. The van der Waals surface area contributed by atoms with E-state index in [1.165, 1.54) is 19.3 Å². The van der Waals surface area contributed by atoms with Crippen LogP contribution in [0.5, 0.6) is 0 Å². The van der Waals surface area contributed by atoms with Crippen molar-refractivity contribution in [3.05, 3.63) is 16.7 Å². The molecule has 0 bridgehead atoms. The molecule has 5 heteroatoms. The van der Waals surface area contributed by atoms with Crippen LogP contribution in [0.1, 0.15) is 19.3 Å². The van der Waals surface area contributed by atoms with E-state index in [0.717, 1.165) is 23.1 Å². The van der Waals surface area contributed by atoms with Crippen LogP contribution in [-0.2, 0) is 0 Å². The summed E-state index contributed by atoms with van der Waals surface area (Å²) < 4.78 is 6.57. The van der Waals surface area contributed by atoms with Crippen LogP contribution in [0.15, 0.2) is 21.2 Å². The van der Waals surface area contributed by atoms with E-state index < -0.39 is 0 Å². The quantitative estimate of drug-likeness (QED) is 0.806. The lowest BCUT2D eigenvalue weighted by molar-refractivity contribution is 0.505. The number of hydrogen-bond acceptors (Lipinski definition) is 4. The van der Waals surface area contributed by atoms with E-state index in [4.69, 9.17) is 4.42 Å². The summed E-state index contributed by atoms with van der Waals surface area (Å²) in [5.41, 5.74) is 1.43. The van der Waals surface area contributed by atoms with Gasteiger partial charge < -0.3 is 9.32 Å². The molecule has 3 rings (SSSR count). The van der Waals surface area contributed by atoms with Crippen molar-refractivity contribution < 1.29 is 4.42 Å². The average molecular weight is 282 g/mol. The highest BCUT2D eigenvalue weighted by Crippen LogP contribution is 2.24. The zero-order valence-corrected chi connectivity index (χ0v) is 10.4. The number of anilines is 1. The molecule has 0 spiro atoms. The molecule has 2 aromatic heterocycles. The zero-order chi connectivity index (χ0) is 11.0. The summed E-state index contributed by atoms with van der Waals surface area (Å²) in [6.07, 6.45) is 5.47. The number of halogens is 1. The fourth-order valence-electron chi connectivity index (χ4n) is 2.01. The van der Waals surface area contributed by atoms with Crippen molar-refractivity contribution in [2.24, 2.45) is 0 Å². The van der Waals surface area contributed by atoms with Crippen molar-refractivity contribution >= 4 is 33.2 Å². The van der Waals surface area contributed by atoms with Gasteiger partial charge in [0.2, 0.25) is 5.71 Å². The van der Waals surface area contributed by atoms with Gasteiger partial charge in [-0.05, 0) is 41.3 Å². The van der Waals surface area contributed by atoms with Gasteiger partial charge in [0.05, 0.1) is 0 Å². The van der Waals surface area contributed by atoms with Gasteiger partial charge in [0.1, 0.15) is 5.52 Å². The third kappa shape index (κ3) is 1.80. The fraction of sp³-hybridized carbons (Fsp3) is 0.455. The topological polar surface area (TPSA) is 42.2 Å². The minimum atomic E-state index is 0.615. The summed E-state index contributed by atoms with van der Waals surface area (Å²) in [6, 6.07) is 2.64. The zero-order valence-electron chi connectivity index (χ0n) is 8.82. The monoisotopic (exact) mass is 281 g/mol. The van der Waals surface area contributed by atoms with E-state index in [1.54, 1.807) is 6.20 Å². The number of rotatable bonds is 1. The summed E-state index contributed by atoms with van der Waals surface area (Å²) in [5.74, 6) is 0. The standard InChI is InChI=1S/C11H12BrN3O/c12-8-6-9-10(13-7-8)16-11(14-9)15-4-2-1-3-5-15/h6-7H,1-5H2.